The first-order chi connectivity index (χ1) is 8.80. The molecule has 0 aromatic carbocycles. The molecular weight excluding hydrogens is 230 g/mol. The highest BCUT2D eigenvalue weighted by atomic mass is 16.5. The normalized spacial score (nSPS) is 25.0. The lowest BCUT2D eigenvalue weighted by molar-refractivity contribution is -0.0151. The van der Waals surface area contributed by atoms with Crippen LogP contribution in [0.1, 0.15) is 32.6 Å². The molecule has 1 saturated heterocycles. The van der Waals surface area contributed by atoms with Gasteiger partial charge in [-0.25, -0.2) is 0 Å². The van der Waals surface area contributed by atoms with Gasteiger partial charge in [-0.1, -0.05) is 6.92 Å². The zero-order valence-corrected chi connectivity index (χ0v) is 11.5. The maximum Gasteiger partial charge on any atom is 0.0679 e. The van der Waals surface area contributed by atoms with Crippen molar-refractivity contribution in [1.29, 1.82) is 0 Å². The van der Waals surface area contributed by atoms with Gasteiger partial charge in [0.2, 0.25) is 0 Å². The molecule has 2 fully saturated rings. The predicted molar refractivity (Wildman–Crippen MR) is 70.6 cm³/mol. The van der Waals surface area contributed by atoms with Crippen LogP contribution >= 0.6 is 0 Å². The number of rotatable bonds is 8. The van der Waals surface area contributed by atoms with Gasteiger partial charge < -0.3 is 19.9 Å². The molecule has 0 aromatic heterocycles. The van der Waals surface area contributed by atoms with Crippen LogP contribution in [0.15, 0.2) is 0 Å². The molecule has 0 aromatic rings. The number of likely N-dealkylation sites (N-methyl/N-ethyl adjacent to an activating group) is 1. The topological polar surface area (TPSA) is 50.7 Å². The van der Waals surface area contributed by atoms with E-state index in [1.807, 2.05) is 0 Å². The van der Waals surface area contributed by atoms with E-state index in [4.69, 9.17) is 9.47 Å². The molecule has 106 valence electrons. The Kier molecular flexibility index (Phi) is 5.42. The zero-order chi connectivity index (χ0) is 12.8. The molecule has 18 heavy (non-hydrogen) atoms. The van der Waals surface area contributed by atoms with Crippen LogP contribution in [0.3, 0.4) is 0 Å². The third kappa shape index (κ3) is 3.67. The lowest BCUT2D eigenvalue weighted by Gasteiger charge is -2.33. The molecule has 2 N–H and O–H groups in total. The predicted octanol–water partition coefficient (Wildman–Crippen LogP) is 1.18. The van der Waals surface area contributed by atoms with Gasteiger partial charge in [-0.15, -0.1) is 0 Å². The van der Waals surface area contributed by atoms with Crippen LogP contribution in [0.4, 0.5) is 0 Å². The first-order valence-corrected chi connectivity index (χ1v) is 7.32. The van der Waals surface area contributed by atoms with Crippen LogP contribution in [-0.4, -0.2) is 50.2 Å². The summed E-state index contributed by atoms with van der Waals surface area (Å²) in [7, 11) is 0. The van der Waals surface area contributed by atoms with Crippen molar-refractivity contribution in [3.63, 3.8) is 0 Å². The Morgan fingerprint density at radius 2 is 2.00 bits per heavy atom. The van der Waals surface area contributed by atoms with Gasteiger partial charge in [-0.05, 0) is 44.1 Å². The van der Waals surface area contributed by atoms with E-state index in [1.54, 1.807) is 0 Å². The number of nitrogens with one attached hydrogen (secondary N) is 1. The lowest BCUT2D eigenvalue weighted by atomic mass is 9.95. The molecule has 1 saturated carbocycles. The van der Waals surface area contributed by atoms with Gasteiger partial charge in [0.15, 0.2) is 0 Å². The van der Waals surface area contributed by atoms with E-state index in [0.29, 0.717) is 18.4 Å². The highest BCUT2D eigenvalue weighted by molar-refractivity contribution is 5.00. The first kappa shape index (κ1) is 14.3. The number of aliphatic hydroxyl groups is 1. The SMILES string of the molecule is CCNC(CO)(COCC1CCOCC1)C1CC1. The van der Waals surface area contributed by atoms with Crippen LogP contribution in [0.2, 0.25) is 0 Å². The van der Waals surface area contributed by atoms with Gasteiger partial charge in [0.25, 0.3) is 0 Å². The van der Waals surface area contributed by atoms with E-state index in [0.717, 1.165) is 39.2 Å². The fourth-order valence-electron chi connectivity index (χ4n) is 2.85. The van der Waals surface area contributed by atoms with Gasteiger partial charge in [-0.3, -0.25) is 0 Å². The monoisotopic (exact) mass is 257 g/mol. The molecule has 1 atom stereocenters. The quantitative estimate of drug-likeness (QED) is 0.685. The molecule has 1 aliphatic heterocycles. The minimum absolute atomic E-state index is 0.180. The molecule has 0 radical (unpaired) electrons. The second-order valence-electron chi connectivity index (χ2n) is 5.69. The molecule has 0 bridgehead atoms. The van der Waals surface area contributed by atoms with Crippen molar-refractivity contribution in [2.45, 2.75) is 38.1 Å². The van der Waals surface area contributed by atoms with Crippen molar-refractivity contribution in [3.05, 3.63) is 0 Å². The van der Waals surface area contributed by atoms with Crippen molar-refractivity contribution in [1.82, 2.24) is 5.32 Å². The first-order valence-electron chi connectivity index (χ1n) is 7.32. The Balaban J connectivity index is 1.74. The molecule has 0 amide bonds. The van der Waals surface area contributed by atoms with Gasteiger partial charge in [-0.2, -0.15) is 0 Å². The largest absolute Gasteiger partial charge is 0.394 e. The van der Waals surface area contributed by atoms with Gasteiger partial charge in [0, 0.05) is 19.8 Å². The molecule has 2 aliphatic rings. The summed E-state index contributed by atoms with van der Waals surface area (Å²) in [6.07, 6.45) is 4.65. The fourth-order valence-corrected chi connectivity index (χ4v) is 2.85. The van der Waals surface area contributed by atoms with Crippen LogP contribution in [0.25, 0.3) is 0 Å². The van der Waals surface area contributed by atoms with Gasteiger partial charge in [0.1, 0.15) is 0 Å². The van der Waals surface area contributed by atoms with Crippen molar-refractivity contribution in [2.75, 3.05) is 39.6 Å². The van der Waals surface area contributed by atoms with Crippen molar-refractivity contribution in [3.8, 4) is 0 Å². The van der Waals surface area contributed by atoms with Gasteiger partial charge >= 0.3 is 0 Å². The minimum atomic E-state index is -0.195. The van der Waals surface area contributed by atoms with E-state index in [9.17, 15) is 5.11 Å². The number of hydrogen-bond donors (Lipinski definition) is 2. The summed E-state index contributed by atoms with van der Waals surface area (Å²) in [5.41, 5.74) is -0.195. The second kappa shape index (κ2) is 6.85. The molecule has 1 heterocycles. The molecule has 4 nitrogen and oxygen atoms in total. The van der Waals surface area contributed by atoms with E-state index < -0.39 is 0 Å². The van der Waals surface area contributed by atoms with Crippen LogP contribution < -0.4 is 5.32 Å². The molecule has 2 rings (SSSR count). The average Bonchev–Trinajstić information content (AvgIpc) is 3.24. The number of ether oxygens (including phenoxy) is 2. The summed E-state index contributed by atoms with van der Waals surface area (Å²) in [6.45, 7) is 6.34. The van der Waals surface area contributed by atoms with E-state index in [1.165, 1.54) is 12.8 Å². The lowest BCUT2D eigenvalue weighted by Crippen LogP contribution is -2.54. The third-order valence-corrected chi connectivity index (χ3v) is 4.22. The molecule has 1 unspecified atom stereocenters. The number of hydrogen-bond acceptors (Lipinski definition) is 4. The summed E-state index contributed by atoms with van der Waals surface area (Å²) in [6, 6.07) is 0. The summed E-state index contributed by atoms with van der Waals surface area (Å²) >= 11 is 0. The standard InChI is InChI=1S/C14H27NO3/c1-2-15-14(10-16,13-3-4-13)11-18-9-12-5-7-17-8-6-12/h12-13,15-16H,2-11H2,1H3. The number of aliphatic hydroxyl groups excluding tert-OH is 1. The highest BCUT2D eigenvalue weighted by Crippen LogP contribution is 2.39. The Labute approximate surface area is 110 Å². The smallest absolute Gasteiger partial charge is 0.0679 e. The average molecular weight is 257 g/mol. The van der Waals surface area contributed by atoms with Crippen molar-refractivity contribution >= 4 is 0 Å². The summed E-state index contributed by atoms with van der Waals surface area (Å²) in [5, 5.41) is 13.1. The maximum absolute atomic E-state index is 9.69. The van der Waals surface area contributed by atoms with Crippen molar-refractivity contribution in [2.24, 2.45) is 11.8 Å². The summed E-state index contributed by atoms with van der Waals surface area (Å²) in [5.74, 6) is 1.23. The Morgan fingerprint density at radius 1 is 1.28 bits per heavy atom. The highest BCUT2D eigenvalue weighted by Gasteiger charge is 2.44. The second-order valence-corrected chi connectivity index (χ2v) is 5.69. The molecular formula is C14H27NO3. The maximum atomic E-state index is 9.69. The van der Waals surface area contributed by atoms with Crippen LogP contribution in [-0.2, 0) is 9.47 Å². The molecule has 0 spiro atoms. The van der Waals surface area contributed by atoms with Crippen LogP contribution in [0, 0.1) is 11.8 Å². The van der Waals surface area contributed by atoms with E-state index in [2.05, 4.69) is 12.2 Å². The minimum Gasteiger partial charge on any atom is -0.394 e. The Morgan fingerprint density at radius 3 is 2.56 bits per heavy atom. The van der Waals surface area contributed by atoms with E-state index in [-0.39, 0.29) is 12.1 Å². The molecule has 1 aliphatic carbocycles. The Hall–Kier alpha value is -0.160. The van der Waals surface area contributed by atoms with E-state index >= 15 is 0 Å². The van der Waals surface area contributed by atoms with Crippen molar-refractivity contribution < 1.29 is 14.6 Å². The van der Waals surface area contributed by atoms with Crippen LogP contribution in [0.5, 0.6) is 0 Å². The summed E-state index contributed by atoms with van der Waals surface area (Å²) < 4.78 is 11.3. The molecule has 4 heteroatoms. The Bertz CT molecular complexity index is 239. The fraction of sp³-hybridized carbons (Fsp3) is 1.00. The third-order valence-electron chi connectivity index (χ3n) is 4.22. The zero-order valence-electron chi connectivity index (χ0n) is 11.5. The summed E-state index contributed by atoms with van der Waals surface area (Å²) in [4.78, 5) is 0. The van der Waals surface area contributed by atoms with Gasteiger partial charge in [0.05, 0.1) is 18.8 Å².